The maximum Gasteiger partial charge on any atom is 0.255 e. The number of carbonyl (C=O) groups excluding carboxylic acids is 2. The third-order valence-electron chi connectivity index (χ3n) is 5.40. The summed E-state index contributed by atoms with van der Waals surface area (Å²) in [5.41, 5.74) is 2.17. The lowest BCUT2D eigenvalue weighted by Gasteiger charge is -2.39. The molecule has 0 aliphatic carbocycles. The van der Waals surface area contributed by atoms with Gasteiger partial charge >= 0.3 is 0 Å². The number of carbonyl (C=O) groups is 2. The van der Waals surface area contributed by atoms with E-state index in [1.807, 2.05) is 24.0 Å². The van der Waals surface area contributed by atoms with Gasteiger partial charge in [0, 0.05) is 48.0 Å². The summed E-state index contributed by atoms with van der Waals surface area (Å²) in [5.74, 6) is -0.0109. The Balaban J connectivity index is 1.43. The van der Waals surface area contributed by atoms with Gasteiger partial charge < -0.3 is 10.2 Å². The molecule has 1 N–H and O–H groups in total. The van der Waals surface area contributed by atoms with Crippen LogP contribution >= 0.6 is 0 Å². The standard InChI is InChI=1S/C20H22N4O2/c1-13-2-3-15(12-22-13)20(26)24-17-4-5-18(24)11-16(10-17)23-19(25)14-6-8-21-9-7-14/h2-3,6-9,12,16-18H,4-5,10-11H2,1H3,(H,23,25). The highest BCUT2D eigenvalue weighted by Gasteiger charge is 2.43. The Bertz CT molecular complexity index is 792. The molecule has 2 amide bonds. The molecule has 0 saturated carbocycles. The summed E-state index contributed by atoms with van der Waals surface area (Å²) < 4.78 is 0. The van der Waals surface area contributed by atoms with Crippen molar-refractivity contribution < 1.29 is 9.59 Å². The molecule has 134 valence electrons. The Morgan fingerprint density at radius 3 is 2.35 bits per heavy atom. The lowest BCUT2D eigenvalue weighted by molar-refractivity contribution is 0.0549. The predicted molar refractivity (Wildman–Crippen MR) is 96.7 cm³/mol. The number of hydrogen-bond donors (Lipinski definition) is 1. The van der Waals surface area contributed by atoms with Crippen LogP contribution in [0.15, 0.2) is 42.9 Å². The Kier molecular flexibility index (Phi) is 4.41. The number of hydrogen-bond acceptors (Lipinski definition) is 4. The van der Waals surface area contributed by atoms with Crippen LogP contribution in [0.25, 0.3) is 0 Å². The summed E-state index contributed by atoms with van der Waals surface area (Å²) in [5, 5.41) is 3.13. The number of rotatable bonds is 3. The van der Waals surface area contributed by atoms with Crippen LogP contribution in [0.3, 0.4) is 0 Å². The van der Waals surface area contributed by atoms with E-state index in [1.165, 1.54) is 0 Å². The molecule has 2 fully saturated rings. The highest BCUT2D eigenvalue weighted by Crippen LogP contribution is 2.36. The van der Waals surface area contributed by atoms with Crippen molar-refractivity contribution in [2.45, 2.75) is 50.7 Å². The van der Waals surface area contributed by atoms with Gasteiger partial charge in [0.1, 0.15) is 0 Å². The fourth-order valence-electron chi connectivity index (χ4n) is 4.14. The first kappa shape index (κ1) is 16.7. The van der Waals surface area contributed by atoms with E-state index in [1.54, 1.807) is 30.7 Å². The van der Waals surface area contributed by atoms with E-state index in [0.29, 0.717) is 11.1 Å². The third-order valence-corrected chi connectivity index (χ3v) is 5.40. The average molecular weight is 350 g/mol. The molecule has 2 saturated heterocycles. The first-order chi connectivity index (χ1) is 12.6. The molecule has 26 heavy (non-hydrogen) atoms. The molecule has 0 aromatic carbocycles. The lowest BCUT2D eigenvalue weighted by atomic mass is 9.96. The van der Waals surface area contributed by atoms with E-state index in [2.05, 4.69) is 15.3 Å². The molecule has 6 nitrogen and oxygen atoms in total. The highest BCUT2D eigenvalue weighted by molar-refractivity contribution is 5.95. The number of nitrogens with zero attached hydrogens (tertiary/aromatic N) is 3. The van der Waals surface area contributed by atoms with Gasteiger partial charge in [0.25, 0.3) is 11.8 Å². The molecule has 2 bridgehead atoms. The number of piperidine rings is 1. The quantitative estimate of drug-likeness (QED) is 0.922. The normalized spacial score (nSPS) is 24.3. The summed E-state index contributed by atoms with van der Waals surface area (Å²) >= 11 is 0. The molecule has 0 radical (unpaired) electrons. The van der Waals surface area contributed by atoms with Gasteiger partial charge in [-0.3, -0.25) is 19.6 Å². The zero-order valence-corrected chi connectivity index (χ0v) is 14.8. The Morgan fingerprint density at radius 1 is 1.04 bits per heavy atom. The van der Waals surface area contributed by atoms with Crippen LogP contribution in [-0.2, 0) is 0 Å². The first-order valence-electron chi connectivity index (χ1n) is 9.08. The SMILES string of the molecule is Cc1ccc(C(=O)N2C3CCC2CC(NC(=O)c2ccncc2)C3)cn1. The van der Waals surface area contributed by atoms with E-state index < -0.39 is 0 Å². The Labute approximate surface area is 152 Å². The Hall–Kier alpha value is -2.76. The van der Waals surface area contributed by atoms with Crippen molar-refractivity contribution in [3.05, 3.63) is 59.7 Å². The van der Waals surface area contributed by atoms with Crippen LogP contribution in [0, 0.1) is 6.92 Å². The number of fused-ring (bicyclic) bond motifs is 2. The molecular weight excluding hydrogens is 328 g/mol. The predicted octanol–water partition coefficient (Wildman–Crippen LogP) is 2.35. The second-order valence-corrected chi connectivity index (χ2v) is 7.16. The second-order valence-electron chi connectivity index (χ2n) is 7.16. The molecule has 6 heteroatoms. The number of pyridine rings is 2. The van der Waals surface area contributed by atoms with E-state index in [0.717, 1.165) is 31.4 Å². The van der Waals surface area contributed by atoms with Crippen molar-refractivity contribution in [2.24, 2.45) is 0 Å². The molecule has 2 unspecified atom stereocenters. The van der Waals surface area contributed by atoms with Crippen LogP contribution in [-0.4, -0.2) is 44.8 Å². The lowest BCUT2D eigenvalue weighted by Crippen LogP contribution is -2.52. The smallest absolute Gasteiger partial charge is 0.255 e. The van der Waals surface area contributed by atoms with E-state index >= 15 is 0 Å². The molecule has 2 aliphatic rings. The monoisotopic (exact) mass is 350 g/mol. The minimum Gasteiger partial charge on any atom is -0.349 e. The minimum absolute atomic E-state index is 0.0592. The van der Waals surface area contributed by atoms with Crippen LogP contribution in [0.2, 0.25) is 0 Å². The summed E-state index contributed by atoms with van der Waals surface area (Å²) in [6, 6.07) is 7.63. The Morgan fingerprint density at radius 2 is 1.73 bits per heavy atom. The second kappa shape index (κ2) is 6.86. The summed E-state index contributed by atoms with van der Waals surface area (Å²) in [4.78, 5) is 35.5. The molecule has 2 aliphatic heterocycles. The van der Waals surface area contributed by atoms with Gasteiger partial charge in [0.05, 0.1) is 5.56 Å². The van der Waals surface area contributed by atoms with E-state index in [9.17, 15) is 9.59 Å². The molecule has 4 rings (SSSR count). The van der Waals surface area contributed by atoms with Gasteiger partial charge in [-0.05, 0) is 56.9 Å². The number of nitrogens with one attached hydrogen (secondary N) is 1. The zero-order chi connectivity index (χ0) is 18.1. The van der Waals surface area contributed by atoms with Crippen molar-refractivity contribution in [1.82, 2.24) is 20.2 Å². The molecule has 2 aromatic heterocycles. The van der Waals surface area contributed by atoms with Gasteiger partial charge in [-0.15, -0.1) is 0 Å². The van der Waals surface area contributed by atoms with E-state index in [4.69, 9.17) is 0 Å². The number of aryl methyl sites for hydroxylation is 1. The first-order valence-corrected chi connectivity index (χ1v) is 9.08. The molecule has 0 spiro atoms. The maximum absolute atomic E-state index is 12.9. The van der Waals surface area contributed by atoms with Gasteiger partial charge in [-0.25, -0.2) is 0 Å². The number of aromatic nitrogens is 2. The molecule has 2 atom stereocenters. The largest absolute Gasteiger partial charge is 0.349 e. The van der Waals surface area contributed by atoms with Crippen molar-refractivity contribution in [2.75, 3.05) is 0 Å². The molecule has 4 heterocycles. The van der Waals surface area contributed by atoms with E-state index in [-0.39, 0.29) is 29.9 Å². The van der Waals surface area contributed by atoms with Crippen molar-refractivity contribution >= 4 is 11.8 Å². The fraction of sp³-hybridized carbons (Fsp3) is 0.400. The number of amides is 2. The third kappa shape index (κ3) is 3.19. The van der Waals surface area contributed by atoms with Crippen molar-refractivity contribution in [3.63, 3.8) is 0 Å². The summed E-state index contributed by atoms with van der Waals surface area (Å²) in [6.45, 7) is 1.91. The van der Waals surface area contributed by atoms with Crippen LogP contribution in [0.1, 0.15) is 52.1 Å². The molecular formula is C20H22N4O2. The van der Waals surface area contributed by atoms with Gasteiger partial charge in [0.2, 0.25) is 0 Å². The van der Waals surface area contributed by atoms with Crippen LogP contribution in [0.4, 0.5) is 0 Å². The molecule has 2 aromatic rings. The van der Waals surface area contributed by atoms with Crippen molar-refractivity contribution in [3.8, 4) is 0 Å². The fourth-order valence-corrected chi connectivity index (χ4v) is 4.14. The van der Waals surface area contributed by atoms with Gasteiger partial charge in [-0.1, -0.05) is 0 Å². The van der Waals surface area contributed by atoms with Crippen LogP contribution in [0.5, 0.6) is 0 Å². The minimum atomic E-state index is -0.0701. The van der Waals surface area contributed by atoms with Gasteiger partial charge in [0.15, 0.2) is 0 Å². The van der Waals surface area contributed by atoms with Crippen LogP contribution < -0.4 is 5.32 Å². The zero-order valence-electron chi connectivity index (χ0n) is 14.8. The topological polar surface area (TPSA) is 75.2 Å². The maximum atomic E-state index is 12.9. The van der Waals surface area contributed by atoms with Crippen molar-refractivity contribution in [1.29, 1.82) is 0 Å². The highest BCUT2D eigenvalue weighted by atomic mass is 16.2. The average Bonchev–Trinajstić information content (AvgIpc) is 2.93. The summed E-state index contributed by atoms with van der Waals surface area (Å²) in [7, 11) is 0. The van der Waals surface area contributed by atoms with Gasteiger partial charge in [-0.2, -0.15) is 0 Å². The summed E-state index contributed by atoms with van der Waals surface area (Å²) in [6.07, 6.45) is 8.50.